The van der Waals surface area contributed by atoms with E-state index >= 15 is 0 Å². The lowest BCUT2D eigenvalue weighted by atomic mass is 10.1. The van der Waals surface area contributed by atoms with Gasteiger partial charge in [0.25, 0.3) is 5.91 Å². The van der Waals surface area contributed by atoms with E-state index in [0.717, 1.165) is 4.90 Å². The Morgan fingerprint density at radius 1 is 1.37 bits per heavy atom. The Labute approximate surface area is 114 Å². The highest BCUT2D eigenvalue weighted by atomic mass is 35.5. The second kappa shape index (κ2) is 5.07. The molecule has 7 heteroatoms. The van der Waals surface area contributed by atoms with Crippen LogP contribution in [0.15, 0.2) is 18.2 Å². The second-order valence-corrected chi connectivity index (χ2v) is 4.91. The second-order valence-electron chi connectivity index (χ2n) is 4.47. The smallest absolute Gasteiger partial charge is 0.326 e. The van der Waals surface area contributed by atoms with Crippen LogP contribution in [0.3, 0.4) is 0 Å². The van der Waals surface area contributed by atoms with Gasteiger partial charge in [-0.05, 0) is 18.2 Å². The van der Waals surface area contributed by atoms with E-state index in [9.17, 15) is 14.7 Å². The molecule has 2 rings (SSSR count). The minimum atomic E-state index is -1.14. The number of hydrogen-bond acceptors (Lipinski definition) is 4. The van der Waals surface area contributed by atoms with Gasteiger partial charge in [-0.15, -0.1) is 0 Å². The molecule has 1 unspecified atom stereocenters. The summed E-state index contributed by atoms with van der Waals surface area (Å²) >= 11 is 5.81. The number of carbonyl (C=O) groups is 2. The number of nitrogens with two attached hydrogens (primary N) is 1. The minimum absolute atomic E-state index is 0.0117. The quantitative estimate of drug-likeness (QED) is 0.689. The Kier molecular flexibility index (Phi) is 3.64. The van der Waals surface area contributed by atoms with Crippen LogP contribution in [0, 0.1) is 0 Å². The number of anilines is 1. The number of carboxylic acids is 1. The maximum Gasteiger partial charge on any atom is 0.326 e. The highest BCUT2D eigenvalue weighted by Gasteiger charge is 2.39. The molecule has 0 radical (unpaired) electrons. The average molecular weight is 285 g/mol. The van der Waals surface area contributed by atoms with E-state index in [1.807, 2.05) is 0 Å². The first-order chi connectivity index (χ1) is 8.88. The summed E-state index contributed by atoms with van der Waals surface area (Å²) in [5, 5.41) is 18.9. The predicted octanol–water partition coefficient (Wildman–Crippen LogP) is 0.582. The molecule has 4 N–H and O–H groups in total. The lowest BCUT2D eigenvalue weighted by Crippen LogP contribution is -2.40. The third-order valence-corrected chi connectivity index (χ3v) is 3.21. The van der Waals surface area contributed by atoms with Crippen molar-refractivity contribution in [2.75, 3.05) is 12.3 Å². The van der Waals surface area contributed by atoms with Crippen LogP contribution in [0.1, 0.15) is 16.8 Å². The molecule has 0 saturated carbocycles. The maximum atomic E-state index is 12.2. The predicted molar refractivity (Wildman–Crippen MR) is 68.9 cm³/mol. The molecule has 2 atom stereocenters. The third-order valence-electron chi connectivity index (χ3n) is 2.99. The van der Waals surface area contributed by atoms with Gasteiger partial charge in [0.05, 0.1) is 6.10 Å². The van der Waals surface area contributed by atoms with Gasteiger partial charge < -0.3 is 20.8 Å². The van der Waals surface area contributed by atoms with Crippen molar-refractivity contribution in [3.8, 4) is 0 Å². The number of hydrogen-bond donors (Lipinski definition) is 3. The van der Waals surface area contributed by atoms with Gasteiger partial charge >= 0.3 is 5.97 Å². The Balaban J connectivity index is 2.30. The van der Waals surface area contributed by atoms with Gasteiger partial charge in [0.15, 0.2) is 0 Å². The standard InChI is InChI=1S/C12H13ClN2O4/c13-7-1-6(2-8(14)3-7)11(17)15-5-9(16)4-10(15)12(18)19/h1-3,9-10,16H,4-5,14H2,(H,18,19)/t9?,10-/m0/s1. The van der Waals surface area contributed by atoms with Gasteiger partial charge in [-0.2, -0.15) is 0 Å². The van der Waals surface area contributed by atoms with E-state index in [4.69, 9.17) is 22.4 Å². The number of aliphatic hydroxyl groups excluding tert-OH is 1. The number of likely N-dealkylation sites (tertiary alicyclic amines) is 1. The van der Waals surface area contributed by atoms with Crippen molar-refractivity contribution in [1.82, 2.24) is 4.90 Å². The molecule has 1 aromatic rings. The van der Waals surface area contributed by atoms with Crippen molar-refractivity contribution in [3.63, 3.8) is 0 Å². The zero-order chi connectivity index (χ0) is 14.2. The van der Waals surface area contributed by atoms with Crippen LogP contribution in [0.5, 0.6) is 0 Å². The van der Waals surface area contributed by atoms with Crippen LogP contribution < -0.4 is 5.73 Å². The summed E-state index contributed by atoms with van der Waals surface area (Å²) in [6.45, 7) is -0.0117. The molecule has 1 saturated heterocycles. The average Bonchev–Trinajstić information content (AvgIpc) is 2.69. The number of nitrogen functional groups attached to an aromatic ring is 1. The zero-order valence-corrected chi connectivity index (χ0v) is 10.7. The van der Waals surface area contributed by atoms with Crippen LogP contribution in [0.4, 0.5) is 5.69 Å². The first-order valence-electron chi connectivity index (χ1n) is 5.66. The summed E-state index contributed by atoms with van der Waals surface area (Å²) < 4.78 is 0. The highest BCUT2D eigenvalue weighted by molar-refractivity contribution is 6.31. The van der Waals surface area contributed by atoms with Crippen LogP contribution in [-0.2, 0) is 4.79 Å². The van der Waals surface area contributed by atoms with Crippen molar-refractivity contribution in [2.45, 2.75) is 18.6 Å². The number of carboxylic acid groups (broad SMARTS) is 1. The summed E-state index contributed by atoms with van der Waals surface area (Å²) in [6, 6.07) is 3.32. The van der Waals surface area contributed by atoms with E-state index in [1.165, 1.54) is 18.2 Å². The summed E-state index contributed by atoms with van der Waals surface area (Å²) in [4.78, 5) is 24.4. The minimum Gasteiger partial charge on any atom is -0.480 e. The Hall–Kier alpha value is -1.79. The number of β-amino-alcohol motifs (C(OH)–C–C–N with tert-alkyl or cyclic N) is 1. The van der Waals surface area contributed by atoms with E-state index in [1.54, 1.807) is 0 Å². The molecule has 0 aliphatic carbocycles. The van der Waals surface area contributed by atoms with Crippen molar-refractivity contribution in [3.05, 3.63) is 28.8 Å². The van der Waals surface area contributed by atoms with E-state index < -0.39 is 24.0 Å². The summed E-state index contributed by atoms with van der Waals surface area (Å²) in [6.07, 6.45) is -0.807. The fourth-order valence-corrected chi connectivity index (χ4v) is 2.42. The zero-order valence-electron chi connectivity index (χ0n) is 9.91. The van der Waals surface area contributed by atoms with Gasteiger partial charge in [-0.25, -0.2) is 4.79 Å². The number of aliphatic hydroxyl groups is 1. The molecule has 1 aliphatic rings. The highest BCUT2D eigenvalue weighted by Crippen LogP contribution is 2.23. The van der Waals surface area contributed by atoms with Gasteiger partial charge in [0, 0.05) is 29.2 Å². The SMILES string of the molecule is Nc1cc(Cl)cc(C(=O)N2CC(O)C[C@H]2C(=O)O)c1. The Morgan fingerprint density at radius 2 is 2.05 bits per heavy atom. The van der Waals surface area contributed by atoms with Crippen LogP contribution >= 0.6 is 11.6 Å². The number of aliphatic carboxylic acids is 1. The number of halogens is 1. The summed E-state index contributed by atoms with van der Waals surface area (Å²) in [5.41, 5.74) is 6.13. The molecular weight excluding hydrogens is 272 g/mol. The van der Waals surface area contributed by atoms with E-state index in [0.29, 0.717) is 10.7 Å². The van der Waals surface area contributed by atoms with Crippen molar-refractivity contribution < 1.29 is 19.8 Å². The van der Waals surface area contributed by atoms with Crippen LogP contribution in [-0.4, -0.2) is 45.7 Å². The van der Waals surface area contributed by atoms with Gasteiger partial charge in [0.2, 0.25) is 0 Å². The van der Waals surface area contributed by atoms with Gasteiger partial charge in [-0.1, -0.05) is 11.6 Å². The molecule has 19 heavy (non-hydrogen) atoms. The van der Waals surface area contributed by atoms with Crippen molar-refractivity contribution in [2.24, 2.45) is 0 Å². The van der Waals surface area contributed by atoms with Crippen molar-refractivity contribution in [1.29, 1.82) is 0 Å². The molecule has 1 fully saturated rings. The topological polar surface area (TPSA) is 104 Å². The molecule has 0 aromatic heterocycles. The maximum absolute atomic E-state index is 12.2. The molecular formula is C12H13ClN2O4. The fourth-order valence-electron chi connectivity index (χ4n) is 2.17. The monoisotopic (exact) mass is 284 g/mol. The number of carbonyl (C=O) groups excluding carboxylic acids is 1. The normalized spacial score (nSPS) is 22.5. The first-order valence-corrected chi connectivity index (χ1v) is 6.04. The Morgan fingerprint density at radius 3 is 2.63 bits per heavy atom. The molecule has 1 amide bonds. The summed E-state index contributed by atoms with van der Waals surface area (Å²) in [5.74, 6) is -1.64. The molecule has 102 valence electrons. The number of nitrogens with zero attached hydrogens (tertiary/aromatic N) is 1. The third kappa shape index (κ3) is 2.80. The molecule has 0 spiro atoms. The van der Waals surface area contributed by atoms with Gasteiger partial charge in [-0.3, -0.25) is 4.79 Å². The lowest BCUT2D eigenvalue weighted by Gasteiger charge is -2.21. The largest absolute Gasteiger partial charge is 0.480 e. The lowest BCUT2D eigenvalue weighted by molar-refractivity contribution is -0.141. The Bertz CT molecular complexity index is 514. The molecule has 1 aromatic carbocycles. The fraction of sp³-hybridized carbons (Fsp3) is 0.333. The molecule has 1 aliphatic heterocycles. The van der Waals surface area contributed by atoms with Crippen molar-refractivity contribution >= 4 is 29.2 Å². The van der Waals surface area contributed by atoms with Crippen LogP contribution in [0.2, 0.25) is 5.02 Å². The number of benzene rings is 1. The molecule has 6 nitrogen and oxygen atoms in total. The summed E-state index contributed by atoms with van der Waals surface area (Å²) in [7, 11) is 0. The number of amides is 1. The molecule has 1 heterocycles. The van der Waals surface area contributed by atoms with E-state index in [2.05, 4.69) is 0 Å². The van der Waals surface area contributed by atoms with E-state index in [-0.39, 0.29) is 18.5 Å². The molecule has 0 bridgehead atoms. The number of rotatable bonds is 2. The first kappa shape index (κ1) is 13.6. The van der Waals surface area contributed by atoms with Crippen LogP contribution in [0.25, 0.3) is 0 Å². The van der Waals surface area contributed by atoms with Gasteiger partial charge in [0.1, 0.15) is 6.04 Å².